The third-order valence-corrected chi connectivity index (χ3v) is 5.63. The first-order valence-electron chi connectivity index (χ1n) is 10.1. The predicted octanol–water partition coefficient (Wildman–Crippen LogP) is 5.29. The zero-order chi connectivity index (χ0) is 18.6. The van der Waals surface area contributed by atoms with Gasteiger partial charge in [0.1, 0.15) is 12.4 Å². The molecule has 4 heteroatoms. The standard InChI is InChI=1S/C23H27N3O/c1-2-17-10-6-7-13-19(17)24-22(27)16-26-21-15-9-8-14-20(21)25-23(26)18-11-4-3-5-12-18/h6-10,13-15,18H,2-5,11-12,16H2,1H3,(H,24,27). The summed E-state index contributed by atoms with van der Waals surface area (Å²) in [7, 11) is 0. The number of nitrogens with zero attached hydrogens (tertiary/aromatic N) is 2. The van der Waals surface area contributed by atoms with Gasteiger partial charge < -0.3 is 9.88 Å². The second-order valence-corrected chi connectivity index (χ2v) is 7.44. The molecule has 1 saturated carbocycles. The van der Waals surface area contributed by atoms with Crippen molar-refractivity contribution in [3.05, 3.63) is 59.9 Å². The molecular weight excluding hydrogens is 334 g/mol. The molecule has 1 aromatic heterocycles. The van der Waals surface area contributed by atoms with Crippen LogP contribution in [0.4, 0.5) is 5.69 Å². The van der Waals surface area contributed by atoms with Crippen LogP contribution >= 0.6 is 0 Å². The normalized spacial score (nSPS) is 15.1. The van der Waals surface area contributed by atoms with E-state index in [4.69, 9.17) is 4.98 Å². The van der Waals surface area contributed by atoms with Crippen LogP contribution in [-0.4, -0.2) is 15.5 Å². The number of carbonyl (C=O) groups is 1. The number of benzene rings is 2. The molecule has 1 aliphatic rings. The molecule has 140 valence electrons. The van der Waals surface area contributed by atoms with E-state index in [-0.39, 0.29) is 5.91 Å². The van der Waals surface area contributed by atoms with Gasteiger partial charge in [0.2, 0.25) is 5.91 Å². The van der Waals surface area contributed by atoms with Crippen LogP contribution in [0.3, 0.4) is 0 Å². The Morgan fingerprint density at radius 1 is 1.07 bits per heavy atom. The van der Waals surface area contributed by atoms with Crippen molar-refractivity contribution < 1.29 is 4.79 Å². The van der Waals surface area contributed by atoms with Gasteiger partial charge in [0.05, 0.1) is 11.0 Å². The minimum absolute atomic E-state index is 0.0103. The number of hydrogen-bond donors (Lipinski definition) is 1. The predicted molar refractivity (Wildman–Crippen MR) is 110 cm³/mol. The van der Waals surface area contributed by atoms with Crippen molar-refractivity contribution in [2.75, 3.05) is 5.32 Å². The lowest BCUT2D eigenvalue weighted by atomic mass is 9.88. The van der Waals surface area contributed by atoms with Crippen molar-refractivity contribution in [3.8, 4) is 0 Å². The van der Waals surface area contributed by atoms with Gasteiger partial charge in [-0.1, -0.05) is 56.5 Å². The second-order valence-electron chi connectivity index (χ2n) is 7.44. The van der Waals surface area contributed by atoms with Crippen molar-refractivity contribution in [2.24, 2.45) is 0 Å². The minimum Gasteiger partial charge on any atom is -0.324 e. The van der Waals surface area contributed by atoms with E-state index in [1.807, 2.05) is 36.4 Å². The molecule has 0 unspecified atom stereocenters. The number of imidazole rings is 1. The summed E-state index contributed by atoms with van der Waals surface area (Å²) in [5, 5.41) is 3.11. The van der Waals surface area contributed by atoms with Crippen LogP contribution in [0, 0.1) is 0 Å². The summed E-state index contributed by atoms with van der Waals surface area (Å²) in [6.07, 6.45) is 7.06. The first-order valence-corrected chi connectivity index (χ1v) is 10.1. The Kier molecular flexibility index (Phi) is 5.23. The zero-order valence-corrected chi connectivity index (χ0v) is 15.9. The molecule has 3 aromatic rings. The van der Waals surface area contributed by atoms with Crippen LogP contribution in [0.15, 0.2) is 48.5 Å². The van der Waals surface area contributed by atoms with E-state index < -0.39 is 0 Å². The molecule has 0 spiro atoms. The number of nitrogens with one attached hydrogen (secondary N) is 1. The molecule has 0 bridgehead atoms. The molecule has 27 heavy (non-hydrogen) atoms. The van der Waals surface area contributed by atoms with E-state index in [0.717, 1.165) is 34.5 Å². The summed E-state index contributed by atoms with van der Waals surface area (Å²) in [6.45, 7) is 2.42. The topological polar surface area (TPSA) is 46.9 Å². The fourth-order valence-electron chi connectivity index (χ4n) is 4.22. The monoisotopic (exact) mass is 361 g/mol. The zero-order valence-electron chi connectivity index (χ0n) is 15.9. The lowest BCUT2D eigenvalue weighted by Crippen LogP contribution is -2.22. The number of amides is 1. The summed E-state index contributed by atoms with van der Waals surface area (Å²) >= 11 is 0. The Morgan fingerprint density at radius 3 is 2.63 bits per heavy atom. The fourth-order valence-corrected chi connectivity index (χ4v) is 4.22. The number of aryl methyl sites for hydroxylation is 1. The smallest absolute Gasteiger partial charge is 0.244 e. The van der Waals surface area contributed by atoms with E-state index in [1.54, 1.807) is 0 Å². The number of aromatic nitrogens is 2. The molecule has 4 nitrogen and oxygen atoms in total. The summed E-state index contributed by atoms with van der Waals surface area (Å²) < 4.78 is 2.13. The van der Waals surface area contributed by atoms with Crippen LogP contribution in [-0.2, 0) is 17.8 Å². The molecule has 4 rings (SSSR count). The molecule has 1 fully saturated rings. The van der Waals surface area contributed by atoms with Crippen molar-refractivity contribution >= 4 is 22.6 Å². The van der Waals surface area contributed by atoms with Crippen LogP contribution in [0.5, 0.6) is 0 Å². The molecule has 1 amide bonds. The summed E-state index contributed by atoms with van der Waals surface area (Å²) in [4.78, 5) is 17.8. The average Bonchev–Trinajstić information content (AvgIpc) is 3.07. The van der Waals surface area contributed by atoms with Gasteiger partial charge in [0.25, 0.3) is 0 Å². The number of anilines is 1. The number of para-hydroxylation sites is 3. The van der Waals surface area contributed by atoms with Gasteiger partial charge >= 0.3 is 0 Å². The number of fused-ring (bicyclic) bond motifs is 1. The van der Waals surface area contributed by atoms with Crippen molar-refractivity contribution in [1.82, 2.24) is 9.55 Å². The van der Waals surface area contributed by atoms with Gasteiger partial charge in [-0.25, -0.2) is 4.98 Å². The largest absolute Gasteiger partial charge is 0.324 e. The van der Waals surface area contributed by atoms with Crippen LogP contribution in [0.1, 0.15) is 56.3 Å². The Bertz CT molecular complexity index is 938. The molecule has 2 aromatic carbocycles. The van der Waals surface area contributed by atoms with Crippen molar-refractivity contribution in [3.63, 3.8) is 0 Å². The summed E-state index contributed by atoms with van der Waals surface area (Å²) in [5.41, 5.74) is 4.11. The van der Waals surface area contributed by atoms with Crippen molar-refractivity contribution in [2.45, 2.75) is 57.9 Å². The fraction of sp³-hybridized carbons (Fsp3) is 0.391. The van der Waals surface area contributed by atoms with Gasteiger partial charge in [-0.15, -0.1) is 0 Å². The number of hydrogen-bond acceptors (Lipinski definition) is 2. The highest BCUT2D eigenvalue weighted by molar-refractivity contribution is 5.92. The Morgan fingerprint density at radius 2 is 1.81 bits per heavy atom. The van der Waals surface area contributed by atoms with Gasteiger partial charge in [-0.3, -0.25) is 4.79 Å². The Labute approximate surface area is 160 Å². The molecule has 0 saturated heterocycles. The summed E-state index contributed by atoms with van der Waals surface area (Å²) in [6, 6.07) is 16.2. The highest BCUT2D eigenvalue weighted by atomic mass is 16.1. The Balaban J connectivity index is 1.63. The first-order chi connectivity index (χ1) is 13.3. The van der Waals surface area contributed by atoms with Gasteiger partial charge in [0, 0.05) is 11.6 Å². The lowest BCUT2D eigenvalue weighted by molar-refractivity contribution is -0.116. The maximum Gasteiger partial charge on any atom is 0.244 e. The van der Waals surface area contributed by atoms with Gasteiger partial charge in [0.15, 0.2) is 0 Å². The summed E-state index contributed by atoms with van der Waals surface area (Å²) in [5.74, 6) is 1.55. The molecule has 0 radical (unpaired) electrons. The third-order valence-electron chi connectivity index (χ3n) is 5.63. The van der Waals surface area contributed by atoms with Crippen molar-refractivity contribution in [1.29, 1.82) is 0 Å². The molecule has 1 heterocycles. The maximum atomic E-state index is 12.9. The molecule has 1 aliphatic carbocycles. The molecular formula is C23H27N3O. The van der Waals surface area contributed by atoms with Crippen LogP contribution < -0.4 is 5.32 Å². The second kappa shape index (κ2) is 7.95. The SMILES string of the molecule is CCc1ccccc1NC(=O)Cn1c(C2CCCCC2)nc2ccccc21. The number of rotatable bonds is 5. The van der Waals surface area contributed by atoms with E-state index in [9.17, 15) is 4.79 Å². The van der Waals surface area contributed by atoms with Crippen LogP contribution in [0.2, 0.25) is 0 Å². The maximum absolute atomic E-state index is 12.9. The highest BCUT2D eigenvalue weighted by Gasteiger charge is 2.23. The van der Waals surface area contributed by atoms with E-state index in [1.165, 1.54) is 32.1 Å². The minimum atomic E-state index is 0.0103. The Hall–Kier alpha value is -2.62. The average molecular weight is 361 g/mol. The highest BCUT2D eigenvalue weighted by Crippen LogP contribution is 2.34. The lowest BCUT2D eigenvalue weighted by Gasteiger charge is -2.22. The van der Waals surface area contributed by atoms with E-state index in [2.05, 4.69) is 28.9 Å². The van der Waals surface area contributed by atoms with Crippen LogP contribution in [0.25, 0.3) is 11.0 Å². The molecule has 0 atom stereocenters. The first kappa shape index (κ1) is 17.8. The quantitative estimate of drug-likeness (QED) is 0.671. The number of carbonyl (C=O) groups excluding carboxylic acids is 1. The molecule has 1 N–H and O–H groups in total. The molecule has 0 aliphatic heterocycles. The van der Waals surface area contributed by atoms with Gasteiger partial charge in [-0.2, -0.15) is 0 Å². The van der Waals surface area contributed by atoms with Gasteiger partial charge in [-0.05, 0) is 43.0 Å². The third kappa shape index (κ3) is 3.75. The van der Waals surface area contributed by atoms with E-state index >= 15 is 0 Å². The van der Waals surface area contributed by atoms with E-state index in [0.29, 0.717) is 12.5 Å².